The van der Waals surface area contributed by atoms with Gasteiger partial charge < -0.3 is 9.80 Å². The molecule has 1 heterocycles. The first-order valence-corrected chi connectivity index (χ1v) is 6.37. The number of amides is 1. The molecule has 1 aromatic carbocycles. The predicted octanol–water partition coefficient (Wildman–Crippen LogP) is 1.70. The molecule has 102 valence electrons. The van der Waals surface area contributed by atoms with E-state index in [0.29, 0.717) is 38.2 Å². The maximum atomic E-state index is 13.6. The minimum Gasteiger partial charge on any atom is -0.369 e. The van der Waals surface area contributed by atoms with Crippen molar-refractivity contribution in [1.29, 1.82) is 0 Å². The van der Waals surface area contributed by atoms with E-state index in [-0.39, 0.29) is 11.5 Å². The second-order valence-corrected chi connectivity index (χ2v) is 4.64. The molecule has 1 aliphatic rings. The van der Waals surface area contributed by atoms with E-state index in [1.165, 1.54) is 6.07 Å². The quantitative estimate of drug-likeness (QED) is 0.763. The number of hydrogen-bond donors (Lipinski definition) is 0. The van der Waals surface area contributed by atoms with Crippen molar-refractivity contribution in [2.24, 2.45) is 0 Å². The number of anilines is 1. The largest absolute Gasteiger partial charge is 0.369 e. The van der Waals surface area contributed by atoms with Crippen LogP contribution in [-0.2, 0) is 4.79 Å². The molecule has 0 spiro atoms. The second kappa shape index (κ2) is 5.82. The van der Waals surface area contributed by atoms with Crippen molar-refractivity contribution in [3.05, 3.63) is 29.6 Å². The van der Waals surface area contributed by atoms with Crippen LogP contribution >= 0.6 is 0 Å². The lowest BCUT2D eigenvalue weighted by Gasteiger charge is -2.24. The van der Waals surface area contributed by atoms with Gasteiger partial charge in [0.15, 0.2) is 6.29 Å². The molecule has 0 aliphatic carbocycles. The van der Waals surface area contributed by atoms with Crippen LogP contribution in [0.1, 0.15) is 23.7 Å². The number of aldehydes is 1. The molecule has 2 rings (SSSR count). The van der Waals surface area contributed by atoms with E-state index >= 15 is 0 Å². The van der Waals surface area contributed by atoms with Crippen LogP contribution in [0.4, 0.5) is 10.1 Å². The average Bonchev–Trinajstić information content (AvgIpc) is 2.64. The standard InChI is InChI=1S/C14H17FN2O2/c1-11(19)16-6-3-7-17(9-8-16)14-5-2-4-13(15)12(14)10-18/h2,4-5,10H,3,6-9H2,1H3. The highest BCUT2D eigenvalue weighted by molar-refractivity contribution is 5.85. The Kier molecular flexibility index (Phi) is 4.14. The van der Waals surface area contributed by atoms with Crippen molar-refractivity contribution in [2.45, 2.75) is 13.3 Å². The van der Waals surface area contributed by atoms with Gasteiger partial charge in [0.25, 0.3) is 0 Å². The fourth-order valence-electron chi connectivity index (χ4n) is 2.39. The minimum absolute atomic E-state index is 0.0525. The Balaban J connectivity index is 2.21. The number of hydrogen-bond acceptors (Lipinski definition) is 3. The van der Waals surface area contributed by atoms with E-state index in [2.05, 4.69) is 0 Å². The van der Waals surface area contributed by atoms with Gasteiger partial charge in [-0.1, -0.05) is 6.07 Å². The lowest BCUT2D eigenvalue weighted by molar-refractivity contribution is -0.128. The third-order valence-electron chi connectivity index (χ3n) is 3.43. The predicted molar refractivity (Wildman–Crippen MR) is 70.9 cm³/mol. The zero-order chi connectivity index (χ0) is 13.8. The Bertz CT molecular complexity index is 490. The third kappa shape index (κ3) is 2.92. The third-order valence-corrected chi connectivity index (χ3v) is 3.43. The van der Waals surface area contributed by atoms with Gasteiger partial charge in [0.1, 0.15) is 5.82 Å². The highest BCUT2D eigenvalue weighted by Crippen LogP contribution is 2.23. The molecule has 0 atom stereocenters. The van der Waals surface area contributed by atoms with E-state index < -0.39 is 5.82 Å². The summed E-state index contributed by atoms with van der Waals surface area (Å²) in [6, 6.07) is 4.63. The van der Waals surface area contributed by atoms with Crippen LogP contribution < -0.4 is 4.90 Å². The monoisotopic (exact) mass is 264 g/mol. The molecule has 0 unspecified atom stereocenters. The van der Waals surface area contributed by atoms with E-state index in [9.17, 15) is 14.0 Å². The molecule has 1 aromatic rings. The van der Waals surface area contributed by atoms with E-state index in [1.54, 1.807) is 24.0 Å². The number of carbonyl (C=O) groups is 2. The number of benzene rings is 1. The van der Waals surface area contributed by atoms with Gasteiger partial charge in [-0.2, -0.15) is 0 Å². The van der Waals surface area contributed by atoms with E-state index in [1.807, 2.05) is 4.90 Å². The van der Waals surface area contributed by atoms with Crippen LogP contribution in [0.3, 0.4) is 0 Å². The molecule has 4 nitrogen and oxygen atoms in total. The van der Waals surface area contributed by atoms with Gasteiger partial charge in [-0.25, -0.2) is 4.39 Å². The normalized spacial score (nSPS) is 16.1. The van der Waals surface area contributed by atoms with Crippen LogP contribution in [0.25, 0.3) is 0 Å². The Hall–Kier alpha value is -1.91. The molecule has 1 fully saturated rings. The molecule has 0 N–H and O–H groups in total. The minimum atomic E-state index is -0.500. The first-order valence-electron chi connectivity index (χ1n) is 6.37. The molecule has 0 radical (unpaired) electrons. The van der Waals surface area contributed by atoms with Crippen LogP contribution in [0.2, 0.25) is 0 Å². The number of carbonyl (C=O) groups excluding carboxylic acids is 2. The van der Waals surface area contributed by atoms with Crippen LogP contribution in [0.5, 0.6) is 0 Å². The van der Waals surface area contributed by atoms with Crippen molar-refractivity contribution >= 4 is 17.9 Å². The lowest BCUT2D eigenvalue weighted by Crippen LogP contribution is -2.33. The Morgan fingerprint density at radius 1 is 1.26 bits per heavy atom. The maximum Gasteiger partial charge on any atom is 0.219 e. The van der Waals surface area contributed by atoms with Crippen molar-refractivity contribution in [3.8, 4) is 0 Å². The molecule has 1 saturated heterocycles. The van der Waals surface area contributed by atoms with E-state index in [4.69, 9.17) is 0 Å². The molecular weight excluding hydrogens is 247 g/mol. The molecule has 0 saturated carbocycles. The Labute approximate surface area is 111 Å². The van der Waals surface area contributed by atoms with Gasteiger partial charge in [0, 0.05) is 33.1 Å². The van der Waals surface area contributed by atoms with Crippen molar-refractivity contribution < 1.29 is 14.0 Å². The zero-order valence-electron chi connectivity index (χ0n) is 10.9. The summed E-state index contributed by atoms with van der Waals surface area (Å²) in [7, 11) is 0. The summed E-state index contributed by atoms with van der Waals surface area (Å²) in [6.07, 6.45) is 1.37. The van der Waals surface area contributed by atoms with Crippen LogP contribution in [-0.4, -0.2) is 43.3 Å². The number of rotatable bonds is 2. The highest BCUT2D eigenvalue weighted by Gasteiger charge is 2.19. The van der Waals surface area contributed by atoms with Gasteiger partial charge in [0.05, 0.1) is 11.3 Å². The fraction of sp³-hybridized carbons (Fsp3) is 0.429. The van der Waals surface area contributed by atoms with Crippen molar-refractivity contribution in [1.82, 2.24) is 4.90 Å². The molecule has 19 heavy (non-hydrogen) atoms. The van der Waals surface area contributed by atoms with Gasteiger partial charge >= 0.3 is 0 Å². The first-order chi connectivity index (χ1) is 9.13. The average molecular weight is 264 g/mol. The van der Waals surface area contributed by atoms with Gasteiger partial charge in [-0.3, -0.25) is 9.59 Å². The lowest BCUT2D eigenvalue weighted by atomic mass is 10.1. The first kappa shape index (κ1) is 13.5. The number of halogens is 1. The fourth-order valence-corrected chi connectivity index (χ4v) is 2.39. The summed E-state index contributed by atoms with van der Waals surface area (Å²) < 4.78 is 13.6. The SMILES string of the molecule is CC(=O)N1CCCN(c2cccc(F)c2C=O)CC1. The second-order valence-electron chi connectivity index (χ2n) is 4.64. The van der Waals surface area contributed by atoms with Crippen LogP contribution in [0.15, 0.2) is 18.2 Å². The molecule has 1 aliphatic heterocycles. The van der Waals surface area contributed by atoms with E-state index in [0.717, 1.165) is 6.42 Å². The van der Waals surface area contributed by atoms with Crippen molar-refractivity contribution in [3.63, 3.8) is 0 Å². The summed E-state index contributed by atoms with van der Waals surface area (Å²) in [5.74, 6) is -0.447. The molecule has 5 heteroatoms. The number of nitrogens with zero attached hydrogens (tertiary/aromatic N) is 2. The molecule has 0 bridgehead atoms. The molecule has 0 aromatic heterocycles. The Morgan fingerprint density at radius 2 is 2.05 bits per heavy atom. The Morgan fingerprint density at radius 3 is 2.74 bits per heavy atom. The highest BCUT2D eigenvalue weighted by atomic mass is 19.1. The maximum absolute atomic E-state index is 13.6. The topological polar surface area (TPSA) is 40.6 Å². The van der Waals surface area contributed by atoms with Gasteiger partial charge in [-0.15, -0.1) is 0 Å². The molecular formula is C14H17FN2O2. The van der Waals surface area contributed by atoms with Crippen LogP contribution in [0, 0.1) is 5.82 Å². The van der Waals surface area contributed by atoms with Crippen molar-refractivity contribution in [2.75, 3.05) is 31.1 Å². The summed E-state index contributed by atoms with van der Waals surface area (Å²) in [5.41, 5.74) is 0.708. The summed E-state index contributed by atoms with van der Waals surface area (Å²) >= 11 is 0. The smallest absolute Gasteiger partial charge is 0.219 e. The molecule has 1 amide bonds. The summed E-state index contributed by atoms with van der Waals surface area (Å²) in [4.78, 5) is 26.1. The summed E-state index contributed by atoms with van der Waals surface area (Å²) in [5, 5.41) is 0. The summed E-state index contributed by atoms with van der Waals surface area (Å²) in [6.45, 7) is 4.19. The van der Waals surface area contributed by atoms with Gasteiger partial charge in [-0.05, 0) is 18.6 Å². The van der Waals surface area contributed by atoms with Gasteiger partial charge in [0.2, 0.25) is 5.91 Å². The zero-order valence-corrected chi connectivity index (χ0v) is 10.9.